The number of amides is 2. The van der Waals surface area contributed by atoms with Crippen LogP contribution in [0.3, 0.4) is 0 Å². The minimum atomic E-state index is -0.360. The van der Waals surface area contributed by atoms with Crippen molar-refractivity contribution in [2.45, 2.75) is 0 Å². The SMILES string of the molecule is O=C(N/C=C/c1ccc(Cl)cc1)Nc1ccc(O)cc1. The van der Waals surface area contributed by atoms with Crippen molar-refractivity contribution in [1.29, 1.82) is 0 Å². The summed E-state index contributed by atoms with van der Waals surface area (Å²) in [6.07, 6.45) is 3.30. The van der Waals surface area contributed by atoms with Crippen molar-refractivity contribution in [3.05, 3.63) is 65.3 Å². The third-order valence-electron chi connectivity index (χ3n) is 2.49. The van der Waals surface area contributed by atoms with Crippen molar-refractivity contribution < 1.29 is 9.90 Å². The molecule has 5 heteroatoms. The van der Waals surface area contributed by atoms with Crippen molar-refractivity contribution in [2.75, 3.05) is 5.32 Å². The van der Waals surface area contributed by atoms with E-state index < -0.39 is 0 Å². The predicted octanol–water partition coefficient (Wildman–Crippen LogP) is 3.84. The van der Waals surface area contributed by atoms with E-state index in [4.69, 9.17) is 16.7 Å². The van der Waals surface area contributed by atoms with Gasteiger partial charge in [0.05, 0.1) is 0 Å². The van der Waals surface area contributed by atoms with Gasteiger partial charge in [0.15, 0.2) is 0 Å². The maximum Gasteiger partial charge on any atom is 0.323 e. The molecular formula is C15H13ClN2O2. The molecule has 0 bridgehead atoms. The summed E-state index contributed by atoms with van der Waals surface area (Å²) in [7, 11) is 0. The number of hydrogen-bond acceptors (Lipinski definition) is 2. The van der Waals surface area contributed by atoms with E-state index in [2.05, 4.69) is 10.6 Å². The van der Waals surface area contributed by atoms with Crippen LogP contribution in [-0.4, -0.2) is 11.1 Å². The molecule has 0 heterocycles. The molecule has 0 atom stereocenters. The zero-order valence-electron chi connectivity index (χ0n) is 10.5. The van der Waals surface area contributed by atoms with Crippen LogP contribution in [0.4, 0.5) is 10.5 Å². The molecule has 2 rings (SSSR count). The second kappa shape index (κ2) is 6.63. The van der Waals surface area contributed by atoms with Crippen LogP contribution in [0.1, 0.15) is 5.56 Å². The van der Waals surface area contributed by atoms with Crippen LogP contribution in [0.5, 0.6) is 5.75 Å². The van der Waals surface area contributed by atoms with Gasteiger partial charge in [0.1, 0.15) is 5.75 Å². The fraction of sp³-hybridized carbons (Fsp3) is 0. The molecule has 2 amide bonds. The zero-order chi connectivity index (χ0) is 14.4. The smallest absolute Gasteiger partial charge is 0.323 e. The molecule has 20 heavy (non-hydrogen) atoms. The Morgan fingerprint density at radius 1 is 1.05 bits per heavy atom. The van der Waals surface area contributed by atoms with Crippen LogP contribution in [0.15, 0.2) is 54.7 Å². The first kappa shape index (κ1) is 14.0. The van der Waals surface area contributed by atoms with Gasteiger partial charge in [-0.3, -0.25) is 0 Å². The third kappa shape index (κ3) is 4.33. The highest BCUT2D eigenvalue weighted by Gasteiger charge is 1.98. The number of benzene rings is 2. The van der Waals surface area contributed by atoms with Crippen molar-refractivity contribution >= 4 is 29.4 Å². The lowest BCUT2D eigenvalue weighted by molar-refractivity contribution is 0.255. The first-order chi connectivity index (χ1) is 9.63. The van der Waals surface area contributed by atoms with Crippen LogP contribution >= 0.6 is 11.6 Å². The largest absolute Gasteiger partial charge is 0.508 e. The normalized spacial score (nSPS) is 10.4. The van der Waals surface area contributed by atoms with Gasteiger partial charge in [-0.2, -0.15) is 0 Å². The average molecular weight is 289 g/mol. The Labute approximate surface area is 121 Å². The van der Waals surface area contributed by atoms with Gasteiger partial charge >= 0.3 is 6.03 Å². The van der Waals surface area contributed by atoms with Crippen LogP contribution < -0.4 is 10.6 Å². The number of phenolic OH excluding ortho intramolecular Hbond substituents is 1. The number of hydrogen-bond donors (Lipinski definition) is 3. The summed E-state index contributed by atoms with van der Waals surface area (Å²) in [6, 6.07) is 13.1. The molecule has 0 aromatic heterocycles. The molecule has 0 saturated heterocycles. The molecule has 0 unspecified atom stereocenters. The molecular weight excluding hydrogens is 276 g/mol. The average Bonchev–Trinajstić information content (AvgIpc) is 2.44. The Hall–Kier alpha value is -2.46. The standard InChI is InChI=1S/C15H13ClN2O2/c16-12-3-1-11(2-4-12)9-10-17-15(20)18-13-5-7-14(19)8-6-13/h1-10,19H,(H2,17,18,20)/b10-9+. The van der Waals surface area contributed by atoms with Gasteiger partial charge in [-0.15, -0.1) is 0 Å². The Morgan fingerprint density at radius 2 is 1.70 bits per heavy atom. The van der Waals surface area contributed by atoms with Crippen molar-refractivity contribution in [3.8, 4) is 5.75 Å². The molecule has 2 aromatic rings. The molecule has 0 aliphatic heterocycles. The third-order valence-corrected chi connectivity index (χ3v) is 2.74. The highest BCUT2D eigenvalue weighted by molar-refractivity contribution is 6.30. The summed E-state index contributed by atoms with van der Waals surface area (Å²) in [5, 5.41) is 15.0. The fourth-order valence-electron chi connectivity index (χ4n) is 1.50. The lowest BCUT2D eigenvalue weighted by Gasteiger charge is -2.04. The Bertz CT molecular complexity index is 607. The Morgan fingerprint density at radius 3 is 2.35 bits per heavy atom. The molecule has 0 aliphatic rings. The highest BCUT2D eigenvalue weighted by Crippen LogP contribution is 2.13. The molecule has 3 N–H and O–H groups in total. The number of anilines is 1. The number of carbonyl (C=O) groups is 1. The van der Waals surface area contributed by atoms with E-state index >= 15 is 0 Å². The van der Waals surface area contributed by atoms with Gasteiger partial charge in [-0.05, 0) is 48.0 Å². The summed E-state index contributed by atoms with van der Waals surface area (Å²) in [4.78, 5) is 11.6. The summed E-state index contributed by atoms with van der Waals surface area (Å²) in [5.74, 6) is 0.151. The first-order valence-corrected chi connectivity index (χ1v) is 6.30. The molecule has 0 aliphatic carbocycles. The molecule has 102 valence electrons. The molecule has 0 spiro atoms. The van der Waals surface area contributed by atoms with Crippen LogP contribution in [-0.2, 0) is 0 Å². The number of nitrogens with one attached hydrogen (secondary N) is 2. The molecule has 0 radical (unpaired) electrons. The second-order valence-electron chi connectivity index (χ2n) is 4.03. The van der Waals surface area contributed by atoms with E-state index in [1.807, 2.05) is 12.1 Å². The number of urea groups is 1. The second-order valence-corrected chi connectivity index (χ2v) is 4.47. The van der Waals surface area contributed by atoms with Crippen molar-refractivity contribution in [3.63, 3.8) is 0 Å². The quantitative estimate of drug-likeness (QED) is 0.752. The molecule has 4 nitrogen and oxygen atoms in total. The Balaban J connectivity index is 1.85. The van der Waals surface area contributed by atoms with E-state index in [0.29, 0.717) is 10.7 Å². The Kier molecular flexibility index (Phi) is 4.63. The van der Waals surface area contributed by atoms with E-state index in [1.54, 1.807) is 36.5 Å². The van der Waals surface area contributed by atoms with Gasteiger partial charge in [0.2, 0.25) is 0 Å². The van der Waals surface area contributed by atoms with Gasteiger partial charge in [-0.25, -0.2) is 4.79 Å². The zero-order valence-corrected chi connectivity index (χ0v) is 11.3. The summed E-state index contributed by atoms with van der Waals surface area (Å²) < 4.78 is 0. The van der Waals surface area contributed by atoms with Crippen LogP contribution in [0, 0.1) is 0 Å². The number of phenols is 1. The van der Waals surface area contributed by atoms with Crippen molar-refractivity contribution in [2.24, 2.45) is 0 Å². The van der Waals surface area contributed by atoms with E-state index in [0.717, 1.165) is 5.56 Å². The summed E-state index contributed by atoms with van der Waals surface area (Å²) >= 11 is 5.78. The first-order valence-electron chi connectivity index (χ1n) is 5.92. The molecule has 0 saturated carbocycles. The van der Waals surface area contributed by atoms with Crippen molar-refractivity contribution in [1.82, 2.24) is 5.32 Å². The van der Waals surface area contributed by atoms with Gasteiger partial charge < -0.3 is 15.7 Å². The highest BCUT2D eigenvalue weighted by atomic mass is 35.5. The van der Waals surface area contributed by atoms with Crippen LogP contribution in [0.25, 0.3) is 6.08 Å². The summed E-state index contributed by atoms with van der Waals surface area (Å²) in [6.45, 7) is 0. The number of aromatic hydroxyl groups is 1. The molecule has 0 fully saturated rings. The maximum absolute atomic E-state index is 11.6. The predicted molar refractivity (Wildman–Crippen MR) is 80.7 cm³/mol. The lowest BCUT2D eigenvalue weighted by Crippen LogP contribution is -2.23. The monoisotopic (exact) mass is 288 g/mol. The van der Waals surface area contributed by atoms with Crippen LogP contribution in [0.2, 0.25) is 5.02 Å². The number of halogens is 1. The lowest BCUT2D eigenvalue weighted by atomic mass is 10.2. The number of rotatable bonds is 3. The van der Waals surface area contributed by atoms with Gasteiger partial charge in [0.25, 0.3) is 0 Å². The topological polar surface area (TPSA) is 61.4 Å². The summed E-state index contributed by atoms with van der Waals surface area (Å²) in [5.41, 5.74) is 1.53. The van der Waals surface area contributed by atoms with Gasteiger partial charge in [0, 0.05) is 16.9 Å². The maximum atomic E-state index is 11.6. The number of carbonyl (C=O) groups excluding carboxylic acids is 1. The van der Waals surface area contributed by atoms with Gasteiger partial charge in [-0.1, -0.05) is 23.7 Å². The fourth-order valence-corrected chi connectivity index (χ4v) is 1.63. The minimum Gasteiger partial charge on any atom is -0.508 e. The van der Waals surface area contributed by atoms with E-state index in [-0.39, 0.29) is 11.8 Å². The van der Waals surface area contributed by atoms with E-state index in [9.17, 15) is 4.79 Å². The molecule has 2 aromatic carbocycles. The van der Waals surface area contributed by atoms with E-state index in [1.165, 1.54) is 12.1 Å². The minimum absolute atomic E-state index is 0.151.